The van der Waals surface area contributed by atoms with Crippen molar-refractivity contribution in [1.82, 2.24) is 0 Å². The van der Waals surface area contributed by atoms with E-state index in [0.29, 0.717) is 5.75 Å². The van der Waals surface area contributed by atoms with Crippen molar-refractivity contribution in [3.63, 3.8) is 0 Å². The second-order valence-corrected chi connectivity index (χ2v) is 3.74. The van der Waals surface area contributed by atoms with E-state index in [-0.39, 0.29) is 6.61 Å². The van der Waals surface area contributed by atoms with Crippen LogP contribution in [0.1, 0.15) is 11.6 Å². The van der Waals surface area contributed by atoms with Crippen molar-refractivity contribution >= 4 is 0 Å². The number of nitrogens with two attached hydrogens (primary N) is 1. The topological polar surface area (TPSA) is 55.5 Å². The molecule has 0 aliphatic heterocycles. The predicted octanol–water partition coefficient (Wildman–Crippen LogP) is 2.47. The maximum atomic E-state index is 9.10. The van der Waals surface area contributed by atoms with Crippen LogP contribution in [0.15, 0.2) is 54.6 Å². The third kappa shape index (κ3) is 2.84. The van der Waals surface area contributed by atoms with E-state index in [2.05, 4.69) is 0 Å². The Morgan fingerprint density at radius 2 is 1.65 bits per heavy atom. The fourth-order valence-electron chi connectivity index (χ4n) is 1.59. The first-order valence-corrected chi connectivity index (χ1v) is 5.49. The maximum Gasteiger partial charge on any atom is 0.132 e. The van der Waals surface area contributed by atoms with Gasteiger partial charge in [0.25, 0.3) is 0 Å². The van der Waals surface area contributed by atoms with Crippen LogP contribution in [0.2, 0.25) is 0 Å². The van der Waals surface area contributed by atoms with E-state index >= 15 is 0 Å². The largest absolute Gasteiger partial charge is 0.457 e. The number of aliphatic hydroxyl groups excluding tert-OH is 1. The zero-order valence-corrected chi connectivity index (χ0v) is 9.41. The molecule has 0 aliphatic rings. The van der Waals surface area contributed by atoms with Crippen molar-refractivity contribution in [2.24, 2.45) is 5.73 Å². The molecular formula is C14H15NO2. The molecule has 88 valence electrons. The predicted molar refractivity (Wildman–Crippen MR) is 67.0 cm³/mol. The van der Waals surface area contributed by atoms with E-state index in [1.165, 1.54) is 0 Å². The summed E-state index contributed by atoms with van der Waals surface area (Å²) in [6, 6.07) is 16.5. The smallest absolute Gasteiger partial charge is 0.132 e. The third-order valence-electron chi connectivity index (χ3n) is 2.49. The number of hydrogen-bond donors (Lipinski definition) is 2. The molecule has 2 aromatic carbocycles. The van der Waals surface area contributed by atoms with Gasteiger partial charge in [-0.15, -0.1) is 0 Å². The average Bonchev–Trinajstić information content (AvgIpc) is 2.40. The Kier molecular flexibility index (Phi) is 3.75. The molecule has 0 saturated heterocycles. The molecule has 0 heterocycles. The van der Waals surface area contributed by atoms with E-state index in [9.17, 15) is 0 Å². The SMILES string of the molecule is N[C@@H](CO)c1ccccc1Oc1ccccc1. The van der Waals surface area contributed by atoms with Gasteiger partial charge in [-0.2, -0.15) is 0 Å². The molecule has 3 N–H and O–H groups in total. The Morgan fingerprint density at radius 3 is 2.35 bits per heavy atom. The minimum Gasteiger partial charge on any atom is -0.457 e. The molecule has 0 fully saturated rings. The lowest BCUT2D eigenvalue weighted by Gasteiger charge is -2.14. The minimum atomic E-state index is -0.421. The molecule has 0 aliphatic carbocycles. The number of benzene rings is 2. The second kappa shape index (κ2) is 5.48. The van der Waals surface area contributed by atoms with Gasteiger partial charge in [0.15, 0.2) is 0 Å². The molecule has 0 spiro atoms. The molecule has 2 rings (SSSR count). The molecular weight excluding hydrogens is 214 g/mol. The Labute approximate surface area is 100 Å². The lowest BCUT2D eigenvalue weighted by atomic mass is 10.1. The van der Waals surface area contributed by atoms with Gasteiger partial charge in [-0.25, -0.2) is 0 Å². The van der Waals surface area contributed by atoms with Crippen LogP contribution in [0.4, 0.5) is 0 Å². The van der Waals surface area contributed by atoms with Gasteiger partial charge in [0, 0.05) is 5.56 Å². The number of hydrogen-bond acceptors (Lipinski definition) is 3. The molecule has 0 saturated carbocycles. The van der Waals surface area contributed by atoms with Crippen LogP contribution >= 0.6 is 0 Å². The Bertz CT molecular complexity index is 471. The van der Waals surface area contributed by atoms with Gasteiger partial charge in [-0.1, -0.05) is 36.4 Å². The molecule has 3 heteroatoms. The van der Waals surface area contributed by atoms with Crippen LogP contribution in [0, 0.1) is 0 Å². The van der Waals surface area contributed by atoms with Crippen molar-refractivity contribution in [3.05, 3.63) is 60.2 Å². The molecule has 0 amide bonds. The van der Waals surface area contributed by atoms with Crippen LogP contribution < -0.4 is 10.5 Å². The van der Waals surface area contributed by atoms with Gasteiger partial charge in [0.1, 0.15) is 11.5 Å². The quantitative estimate of drug-likeness (QED) is 0.846. The van der Waals surface area contributed by atoms with Gasteiger partial charge >= 0.3 is 0 Å². The Morgan fingerprint density at radius 1 is 1.00 bits per heavy atom. The van der Waals surface area contributed by atoms with E-state index in [0.717, 1.165) is 11.3 Å². The summed E-state index contributed by atoms with van der Waals surface area (Å²) in [5.41, 5.74) is 6.62. The zero-order chi connectivity index (χ0) is 12.1. The van der Waals surface area contributed by atoms with Crippen molar-refractivity contribution in [2.45, 2.75) is 6.04 Å². The number of aliphatic hydroxyl groups is 1. The van der Waals surface area contributed by atoms with Crippen molar-refractivity contribution in [2.75, 3.05) is 6.61 Å². The summed E-state index contributed by atoms with van der Waals surface area (Å²) in [5.74, 6) is 1.44. The molecule has 0 aromatic heterocycles. The number of rotatable bonds is 4. The molecule has 0 unspecified atom stereocenters. The first kappa shape index (κ1) is 11.6. The fraction of sp³-hybridized carbons (Fsp3) is 0.143. The molecule has 2 aromatic rings. The molecule has 0 radical (unpaired) electrons. The highest BCUT2D eigenvalue weighted by Gasteiger charge is 2.10. The summed E-state index contributed by atoms with van der Waals surface area (Å²) in [5, 5.41) is 9.10. The highest BCUT2D eigenvalue weighted by Crippen LogP contribution is 2.28. The third-order valence-corrected chi connectivity index (χ3v) is 2.49. The minimum absolute atomic E-state index is 0.102. The summed E-state index contributed by atoms with van der Waals surface area (Å²) < 4.78 is 5.74. The highest BCUT2D eigenvalue weighted by atomic mass is 16.5. The number of ether oxygens (including phenoxy) is 1. The maximum absolute atomic E-state index is 9.10. The first-order valence-electron chi connectivity index (χ1n) is 5.49. The van der Waals surface area contributed by atoms with Crippen molar-refractivity contribution in [1.29, 1.82) is 0 Å². The van der Waals surface area contributed by atoms with Crippen LogP contribution in [-0.2, 0) is 0 Å². The van der Waals surface area contributed by atoms with Gasteiger partial charge in [0.2, 0.25) is 0 Å². The normalized spacial score (nSPS) is 12.1. The van der Waals surface area contributed by atoms with Crippen molar-refractivity contribution in [3.8, 4) is 11.5 Å². The summed E-state index contributed by atoms with van der Waals surface area (Å²) >= 11 is 0. The van der Waals surface area contributed by atoms with Crippen LogP contribution in [0.3, 0.4) is 0 Å². The monoisotopic (exact) mass is 229 g/mol. The highest BCUT2D eigenvalue weighted by molar-refractivity contribution is 5.39. The van der Waals surface area contributed by atoms with Gasteiger partial charge in [0.05, 0.1) is 12.6 Å². The van der Waals surface area contributed by atoms with E-state index in [1.807, 2.05) is 54.6 Å². The van der Waals surface area contributed by atoms with E-state index in [4.69, 9.17) is 15.6 Å². The molecule has 3 nitrogen and oxygen atoms in total. The van der Waals surface area contributed by atoms with Crippen LogP contribution in [0.25, 0.3) is 0 Å². The number of para-hydroxylation sites is 2. The van der Waals surface area contributed by atoms with Gasteiger partial charge in [-0.3, -0.25) is 0 Å². The Balaban J connectivity index is 2.27. The lowest BCUT2D eigenvalue weighted by Crippen LogP contribution is -2.15. The summed E-state index contributed by atoms with van der Waals surface area (Å²) in [6.45, 7) is -0.102. The van der Waals surface area contributed by atoms with Crippen molar-refractivity contribution < 1.29 is 9.84 Å². The van der Waals surface area contributed by atoms with Gasteiger partial charge < -0.3 is 15.6 Å². The first-order chi connectivity index (χ1) is 8.31. The summed E-state index contributed by atoms with van der Waals surface area (Å²) in [6.07, 6.45) is 0. The Hall–Kier alpha value is -1.84. The molecule has 0 bridgehead atoms. The van der Waals surface area contributed by atoms with Crippen LogP contribution in [0.5, 0.6) is 11.5 Å². The average molecular weight is 229 g/mol. The molecule has 17 heavy (non-hydrogen) atoms. The van der Waals surface area contributed by atoms with E-state index < -0.39 is 6.04 Å². The van der Waals surface area contributed by atoms with Crippen LogP contribution in [-0.4, -0.2) is 11.7 Å². The van der Waals surface area contributed by atoms with Gasteiger partial charge in [-0.05, 0) is 18.2 Å². The second-order valence-electron chi connectivity index (χ2n) is 3.74. The summed E-state index contributed by atoms with van der Waals surface area (Å²) in [4.78, 5) is 0. The standard InChI is InChI=1S/C14H15NO2/c15-13(10-16)12-8-4-5-9-14(12)17-11-6-2-1-3-7-11/h1-9,13,16H,10,15H2/t13-/m0/s1. The lowest BCUT2D eigenvalue weighted by molar-refractivity contribution is 0.265. The fourth-order valence-corrected chi connectivity index (χ4v) is 1.59. The zero-order valence-electron chi connectivity index (χ0n) is 9.41. The van der Waals surface area contributed by atoms with E-state index in [1.54, 1.807) is 0 Å². The molecule has 1 atom stereocenters. The summed E-state index contributed by atoms with van der Waals surface area (Å²) in [7, 11) is 0.